The molecule has 1 fully saturated rings. The first-order valence-corrected chi connectivity index (χ1v) is 6.97. The van der Waals surface area contributed by atoms with Crippen molar-refractivity contribution in [3.63, 3.8) is 0 Å². The molecule has 1 saturated carbocycles. The van der Waals surface area contributed by atoms with Crippen molar-refractivity contribution >= 4 is 17.3 Å². The Morgan fingerprint density at radius 3 is 2.94 bits per heavy atom. The fourth-order valence-electron chi connectivity index (χ4n) is 1.64. The van der Waals surface area contributed by atoms with Crippen LogP contribution >= 0.6 is 11.3 Å². The summed E-state index contributed by atoms with van der Waals surface area (Å²) in [5.74, 6) is 1.69. The molecule has 1 aliphatic carbocycles. The molecule has 0 spiro atoms. The minimum absolute atomic E-state index is 0.603. The van der Waals surface area contributed by atoms with Gasteiger partial charge in [-0.25, -0.2) is 9.98 Å². The number of nitrogens with zero attached hydrogens (tertiary/aromatic N) is 2. The second-order valence-corrected chi connectivity index (χ2v) is 5.84. The molecule has 0 aromatic carbocycles. The molecule has 0 aliphatic heterocycles. The molecule has 2 N–H and O–H groups in total. The van der Waals surface area contributed by atoms with E-state index in [1.807, 2.05) is 6.20 Å². The Labute approximate surface area is 107 Å². The van der Waals surface area contributed by atoms with Crippen molar-refractivity contribution < 1.29 is 0 Å². The SMILES string of the molecule is CCNC(=NCc1ncc(C)s1)NC1CC1C. The minimum atomic E-state index is 0.603. The van der Waals surface area contributed by atoms with E-state index in [9.17, 15) is 0 Å². The van der Waals surface area contributed by atoms with Crippen molar-refractivity contribution in [3.8, 4) is 0 Å². The molecule has 0 radical (unpaired) electrons. The van der Waals surface area contributed by atoms with Crippen LogP contribution in [0.5, 0.6) is 0 Å². The van der Waals surface area contributed by atoms with E-state index in [2.05, 4.69) is 41.4 Å². The highest BCUT2D eigenvalue weighted by Gasteiger charge is 2.33. The first-order valence-electron chi connectivity index (χ1n) is 6.15. The summed E-state index contributed by atoms with van der Waals surface area (Å²) in [4.78, 5) is 10.1. The highest BCUT2D eigenvalue weighted by Crippen LogP contribution is 2.28. The van der Waals surface area contributed by atoms with Gasteiger partial charge >= 0.3 is 0 Å². The van der Waals surface area contributed by atoms with Gasteiger partial charge < -0.3 is 10.6 Å². The van der Waals surface area contributed by atoms with Gasteiger partial charge in [0.2, 0.25) is 0 Å². The zero-order valence-corrected chi connectivity index (χ0v) is 11.5. The lowest BCUT2D eigenvalue weighted by Crippen LogP contribution is -2.39. The molecule has 0 bridgehead atoms. The number of aromatic nitrogens is 1. The summed E-state index contributed by atoms with van der Waals surface area (Å²) in [6.07, 6.45) is 3.15. The highest BCUT2D eigenvalue weighted by atomic mass is 32.1. The van der Waals surface area contributed by atoms with E-state index in [4.69, 9.17) is 0 Å². The molecule has 5 heteroatoms. The maximum Gasteiger partial charge on any atom is 0.191 e. The van der Waals surface area contributed by atoms with Crippen LogP contribution in [0.2, 0.25) is 0 Å². The van der Waals surface area contributed by atoms with Gasteiger partial charge in [-0.3, -0.25) is 0 Å². The smallest absolute Gasteiger partial charge is 0.191 e. The summed E-state index contributed by atoms with van der Waals surface area (Å²) in [5, 5.41) is 7.77. The normalized spacial score (nSPS) is 23.6. The number of hydrogen-bond donors (Lipinski definition) is 2. The molecule has 2 atom stereocenters. The zero-order chi connectivity index (χ0) is 12.3. The Balaban J connectivity index is 1.90. The molecule has 2 rings (SSSR count). The topological polar surface area (TPSA) is 49.3 Å². The average Bonchev–Trinajstić information content (AvgIpc) is 2.81. The zero-order valence-electron chi connectivity index (χ0n) is 10.7. The predicted molar refractivity (Wildman–Crippen MR) is 72.4 cm³/mol. The molecule has 1 heterocycles. The van der Waals surface area contributed by atoms with E-state index >= 15 is 0 Å². The van der Waals surface area contributed by atoms with Gasteiger partial charge in [0.1, 0.15) is 5.01 Å². The standard InChI is InChI=1S/C12H20N4S/c1-4-13-12(16-10-5-8(10)2)15-7-11-14-6-9(3)17-11/h6,8,10H,4-5,7H2,1-3H3,(H2,13,15,16). The van der Waals surface area contributed by atoms with Crippen LogP contribution < -0.4 is 10.6 Å². The lowest BCUT2D eigenvalue weighted by molar-refractivity contribution is 0.766. The van der Waals surface area contributed by atoms with Gasteiger partial charge in [-0.1, -0.05) is 6.92 Å². The van der Waals surface area contributed by atoms with Crippen molar-refractivity contribution in [3.05, 3.63) is 16.1 Å². The number of guanidine groups is 1. The highest BCUT2D eigenvalue weighted by molar-refractivity contribution is 7.11. The van der Waals surface area contributed by atoms with Crippen LogP contribution in [-0.4, -0.2) is 23.5 Å². The number of nitrogens with one attached hydrogen (secondary N) is 2. The molecule has 2 unspecified atom stereocenters. The fourth-order valence-corrected chi connectivity index (χ4v) is 2.35. The quantitative estimate of drug-likeness (QED) is 0.636. The van der Waals surface area contributed by atoms with Crippen molar-refractivity contribution in [1.82, 2.24) is 15.6 Å². The number of aryl methyl sites for hydroxylation is 1. The summed E-state index contributed by atoms with van der Waals surface area (Å²) in [7, 11) is 0. The number of aliphatic imine (C=N–C) groups is 1. The molecule has 0 saturated heterocycles. The van der Waals surface area contributed by atoms with Gasteiger partial charge in [0.25, 0.3) is 0 Å². The Kier molecular flexibility index (Phi) is 3.99. The lowest BCUT2D eigenvalue weighted by Gasteiger charge is -2.09. The average molecular weight is 252 g/mol. The van der Waals surface area contributed by atoms with Crippen LogP contribution in [0.15, 0.2) is 11.2 Å². The van der Waals surface area contributed by atoms with E-state index in [0.29, 0.717) is 12.6 Å². The maximum atomic E-state index is 4.55. The van der Waals surface area contributed by atoms with Crippen LogP contribution in [0.1, 0.15) is 30.2 Å². The summed E-state index contributed by atoms with van der Waals surface area (Å²) in [6.45, 7) is 7.96. The van der Waals surface area contributed by atoms with Gasteiger partial charge in [0.05, 0.1) is 6.54 Å². The van der Waals surface area contributed by atoms with Gasteiger partial charge in [0.15, 0.2) is 5.96 Å². The minimum Gasteiger partial charge on any atom is -0.357 e. The van der Waals surface area contributed by atoms with Crippen molar-refractivity contribution in [1.29, 1.82) is 0 Å². The third-order valence-corrected chi connectivity index (χ3v) is 3.71. The molecule has 1 aromatic rings. The first kappa shape index (κ1) is 12.4. The lowest BCUT2D eigenvalue weighted by atomic mass is 10.5. The third kappa shape index (κ3) is 3.70. The van der Waals surface area contributed by atoms with Crippen molar-refractivity contribution in [2.75, 3.05) is 6.54 Å². The number of thiazole rings is 1. The van der Waals surface area contributed by atoms with Gasteiger partial charge in [0, 0.05) is 23.7 Å². The van der Waals surface area contributed by atoms with E-state index in [1.165, 1.54) is 11.3 Å². The fraction of sp³-hybridized carbons (Fsp3) is 0.667. The molecule has 4 nitrogen and oxygen atoms in total. The second kappa shape index (κ2) is 5.49. The molecule has 17 heavy (non-hydrogen) atoms. The maximum absolute atomic E-state index is 4.55. The number of rotatable bonds is 4. The molecular weight excluding hydrogens is 232 g/mol. The molecule has 0 amide bonds. The molecular formula is C12H20N4S. The van der Waals surface area contributed by atoms with Crippen LogP contribution in [0.4, 0.5) is 0 Å². The van der Waals surface area contributed by atoms with E-state index in [1.54, 1.807) is 11.3 Å². The first-order chi connectivity index (χ1) is 8.19. The van der Waals surface area contributed by atoms with Crippen LogP contribution in [0.25, 0.3) is 0 Å². The Morgan fingerprint density at radius 2 is 2.41 bits per heavy atom. The second-order valence-electron chi connectivity index (χ2n) is 4.52. The predicted octanol–water partition coefficient (Wildman–Crippen LogP) is 1.92. The molecule has 1 aromatic heterocycles. The summed E-state index contributed by atoms with van der Waals surface area (Å²) in [5.41, 5.74) is 0. The summed E-state index contributed by atoms with van der Waals surface area (Å²) >= 11 is 1.71. The van der Waals surface area contributed by atoms with E-state index in [-0.39, 0.29) is 0 Å². The van der Waals surface area contributed by atoms with Crippen LogP contribution in [0.3, 0.4) is 0 Å². The molecule has 1 aliphatic rings. The largest absolute Gasteiger partial charge is 0.357 e. The van der Waals surface area contributed by atoms with E-state index < -0.39 is 0 Å². The van der Waals surface area contributed by atoms with Crippen molar-refractivity contribution in [2.45, 2.75) is 39.8 Å². The molecule has 94 valence electrons. The Morgan fingerprint density at radius 1 is 1.65 bits per heavy atom. The third-order valence-electron chi connectivity index (χ3n) is 2.82. The van der Waals surface area contributed by atoms with Crippen LogP contribution in [0, 0.1) is 12.8 Å². The summed E-state index contributed by atoms with van der Waals surface area (Å²) < 4.78 is 0. The van der Waals surface area contributed by atoms with Crippen LogP contribution in [-0.2, 0) is 6.54 Å². The Hall–Kier alpha value is -1.10. The van der Waals surface area contributed by atoms with Gasteiger partial charge in [-0.2, -0.15) is 0 Å². The summed E-state index contributed by atoms with van der Waals surface area (Å²) in [6, 6.07) is 0.603. The monoisotopic (exact) mass is 252 g/mol. The van der Waals surface area contributed by atoms with E-state index in [0.717, 1.165) is 23.4 Å². The number of hydrogen-bond acceptors (Lipinski definition) is 3. The van der Waals surface area contributed by atoms with Crippen molar-refractivity contribution in [2.24, 2.45) is 10.9 Å². The van der Waals surface area contributed by atoms with Gasteiger partial charge in [-0.05, 0) is 26.2 Å². The van der Waals surface area contributed by atoms with Gasteiger partial charge in [-0.15, -0.1) is 11.3 Å². The Bertz CT molecular complexity index is 399.